The average Bonchev–Trinajstić information content (AvgIpc) is 2.74. The summed E-state index contributed by atoms with van der Waals surface area (Å²) in [6.07, 6.45) is 0. The minimum Gasteiger partial charge on any atom is -0.314 e. The van der Waals surface area contributed by atoms with Crippen LogP contribution in [-0.4, -0.2) is 27.9 Å². The van der Waals surface area contributed by atoms with Crippen molar-refractivity contribution in [3.63, 3.8) is 0 Å². The fourth-order valence-corrected chi connectivity index (χ4v) is 4.55. The number of rotatable bonds is 6. The van der Waals surface area contributed by atoms with E-state index >= 15 is 0 Å². The summed E-state index contributed by atoms with van der Waals surface area (Å²) < 4.78 is 27.9. The molecule has 0 atom stereocenters. The lowest BCUT2D eigenvalue weighted by Gasteiger charge is -2.28. The number of hydrogen-bond donors (Lipinski definition) is 0. The molecule has 3 aromatic rings. The summed E-state index contributed by atoms with van der Waals surface area (Å²) in [5.74, 6) is -0.366. The summed E-state index contributed by atoms with van der Waals surface area (Å²) in [7, 11) is -2.36. The molecule has 0 heterocycles. The number of carbonyl (C=O) groups excluding carboxylic acids is 1. The highest BCUT2D eigenvalue weighted by molar-refractivity contribution is 7.92. The zero-order valence-corrected chi connectivity index (χ0v) is 17.7. The third-order valence-electron chi connectivity index (χ3n) is 4.57. The molecule has 3 rings (SSSR count). The summed E-state index contributed by atoms with van der Waals surface area (Å²) in [5, 5.41) is 0.391. The van der Waals surface area contributed by atoms with E-state index in [1.807, 2.05) is 18.2 Å². The number of hydrogen-bond acceptors (Lipinski definition) is 3. The van der Waals surface area contributed by atoms with Gasteiger partial charge < -0.3 is 4.90 Å². The van der Waals surface area contributed by atoms with Crippen molar-refractivity contribution in [2.45, 2.75) is 11.8 Å². The van der Waals surface area contributed by atoms with Gasteiger partial charge in [-0.3, -0.25) is 9.10 Å². The molecule has 0 bridgehead atoms. The van der Waals surface area contributed by atoms with E-state index in [9.17, 15) is 13.2 Å². The summed E-state index contributed by atoms with van der Waals surface area (Å²) in [6.45, 7) is 1.42. The topological polar surface area (TPSA) is 57.7 Å². The minimum atomic E-state index is -3.98. The Morgan fingerprint density at radius 1 is 0.931 bits per heavy atom. The van der Waals surface area contributed by atoms with E-state index in [0.29, 0.717) is 22.0 Å². The molecule has 0 aliphatic heterocycles. The standard InChI is InChI=1S/C22H21ClN2O3S/c1-17-13-14-18(23)15-21(17)25(29(27,28)20-11-7-4-8-12-20)16-22(26)24(2)19-9-5-3-6-10-19/h3-15H,16H2,1-2H3. The van der Waals surface area contributed by atoms with Crippen molar-refractivity contribution in [1.29, 1.82) is 0 Å². The van der Waals surface area contributed by atoms with Crippen molar-refractivity contribution in [3.05, 3.63) is 89.4 Å². The van der Waals surface area contributed by atoms with Crippen LogP contribution < -0.4 is 9.21 Å². The van der Waals surface area contributed by atoms with E-state index in [1.165, 1.54) is 17.0 Å². The second-order valence-electron chi connectivity index (χ2n) is 6.54. The second-order valence-corrected chi connectivity index (χ2v) is 8.84. The van der Waals surface area contributed by atoms with Crippen LogP contribution in [0.25, 0.3) is 0 Å². The summed E-state index contributed by atoms with van der Waals surface area (Å²) in [6, 6.07) is 22.1. The van der Waals surface area contributed by atoms with Crippen LogP contribution in [0.4, 0.5) is 11.4 Å². The number of aryl methyl sites for hydroxylation is 1. The summed E-state index contributed by atoms with van der Waals surface area (Å²) in [4.78, 5) is 14.5. The number of amides is 1. The van der Waals surface area contributed by atoms with Gasteiger partial charge >= 0.3 is 0 Å². The smallest absolute Gasteiger partial charge is 0.264 e. The number of para-hydroxylation sites is 1. The number of halogens is 1. The van der Waals surface area contributed by atoms with E-state index in [-0.39, 0.29) is 17.3 Å². The van der Waals surface area contributed by atoms with Crippen molar-refractivity contribution in [2.75, 3.05) is 22.8 Å². The number of likely N-dealkylation sites (N-methyl/N-ethyl adjacent to an activating group) is 1. The van der Waals surface area contributed by atoms with Crippen molar-refractivity contribution in [1.82, 2.24) is 0 Å². The van der Waals surface area contributed by atoms with Gasteiger partial charge in [0.05, 0.1) is 10.6 Å². The molecule has 3 aromatic carbocycles. The lowest BCUT2D eigenvalue weighted by Crippen LogP contribution is -2.42. The molecule has 5 nitrogen and oxygen atoms in total. The predicted octanol–water partition coefficient (Wildman–Crippen LogP) is 4.51. The highest BCUT2D eigenvalue weighted by Gasteiger charge is 2.29. The molecule has 0 fully saturated rings. The first-order chi connectivity index (χ1) is 13.8. The van der Waals surface area contributed by atoms with Gasteiger partial charge in [0.2, 0.25) is 5.91 Å². The summed E-state index contributed by atoms with van der Waals surface area (Å²) >= 11 is 6.14. The number of sulfonamides is 1. The molecule has 0 saturated carbocycles. The molecular formula is C22H21ClN2O3S. The van der Waals surface area contributed by atoms with Gasteiger partial charge in [-0.25, -0.2) is 8.42 Å². The fraction of sp³-hybridized carbons (Fsp3) is 0.136. The quantitative estimate of drug-likeness (QED) is 0.580. The first-order valence-corrected chi connectivity index (χ1v) is 10.8. The van der Waals surface area contributed by atoms with Crippen LogP contribution in [-0.2, 0) is 14.8 Å². The lowest BCUT2D eigenvalue weighted by molar-refractivity contribution is -0.116. The molecule has 0 aliphatic carbocycles. The molecule has 0 saturated heterocycles. The van der Waals surface area contributed by atoms with Gasteiger partial charge in [0.25, 0.3) is 10.0 Å². The zero-order chi connectivity index (χ0) is 21.0. The molecule has 0 aliphatic rings. The Morgan fingerprint density at radius 3 is 2.14 bits per heavy atom. The van der Waals surface area contributed by atoms with Crippen LogP contribution in [0, 0.1) is 6.92 Å². The van der Waals surface area contributed by atoms with E-state index in [1.54, 1.807) is 62.5 Å². The van der Waals surface area contributed by atoms with E-state index < -0.39 is 10.0 Å². The van der Waals surface area contributed by atoms with Crippen LogP contribution in [0.15, 0.2) is 83.8 Å². The third kappa shape index (κ3) is 4.60. The summed E-state index contributed by atoms with van der Waals surface area (Å²) in [5.41, 5.74) is 1.75. The number of benzene rings is 3. The Hall–Kier alpha value is -2.83. The molecule has 29 heavy (non-hydrogen) atoms. The first-order valence-electron chi connectivity index (χ1n) is 8.96. The van der Waals surface area contributed by atoms with E-state index in [2.05, 4.69) is 0 Å². The van der Waals surface area contributed by atoms with Crippen LogP contribution in [0.2, 0.25) is 5.02 Å². The van der Waals surface area contributed by atoms with Crippen molar-refractivity contribution in [2.24, 2.45) is 0 Å². The molecule has 7 heteroatoms. The van der Waals surface area contributed by atoms with Gasteiger partial charge in [0.1, 0.15) is 6.54 Å². The molecule has 0 unspecified atom stereocenters. The average molecular weight is 429 g/mol. The predicted molar refractivity (Wildman–Crippen MR) is 117 cm³/mol. The number of anilines is 2. The van der Waals surface area contributed by atoms with Crippen LogP contribution >= 0.6 is 11.6 Å². The van der Waals surface area contributed by atoms with Crippen molar-refractivity contribution >= 4 is 38.9 Å². The Bertz CT molecular complexity index is 1100. The van der Waals surface area contributed by atoms with Crippen molar-refractivity contribution in [3.8, 4) is 0 Å². The number of carbonyl (C=O) groups is 1. The molecule has 0 N–H and O–H groups in total. The zero-order valence-electron chi connectivity index (χ0n) is 16.1. The molecule has 0 spiro atoms. The highest BCUT2D eigenvalue weighted by Crippen LogP contribution is 2.29. The normalized spacial score (nSPS) is 11.1. The van der Waals surface area contributed by atoms with Crippen LogP contribution in [0.5, 0.6) is 0 Å². The molecular weight excluding hydrogens is 408 g/mol. The van der Waals surface area contributed by atoms with Gasteiger partial charge in [-0.15, -0.1) is 0 Å². The van der Waals surface area contributed by atoms with Crippen molar-refractivity contribution < 1.29 is 13.2 Å². The monoisotopic (exact) mass is 428 g/mol. The van der Waals surface area contributed by atoms with E-state index in [0.717, 1.165) is 4.31 Å². The Kier molecular flexibility index (Phi) is 6.25. The Labute approximate surface area is 176 Å². The van der Waals surface area contributed by atoms with Gasteiger partial charge in [-0.2, -0.15) is 0 Å². The number of nitrogens with zero attached hydrogens (tertiary/aromatic N) is 2. The SMILES string of the molecule is Cc1ccc(Cl)cc1N(CC(=O)N(C)c1ccccc1)S(=O)(=O)c1ccccc1. The van der Waals surface area contributed by atoms with Gasteiger partial charge in [-0.05, 0) is 48.9 Å². The highest BCUT2D eigenvalue weighted by atomic mass is 35.5. The van der Waals surface area contributed by atoms with Gasteiger partial charge in [-0.1, -0.05) is 54.1 Å². The fourth-order valence-electron chi connectivity index (χ4n) is 2.90. The largest absolute Gasteiger partial charge is 0.314 e. The Balaban J connectivity index is 2.04. The maximum Gasteiger partial charge on any atom is 0.264 e. The molecule has 150 valence electrons. The van der Waals surface area contributed by atoms with Gasteiger partial charge in [0.15, 0.2) is 0 Å². The first kappa shape index (κ1) is 20.9. The lowest BCUT2D eigenvalue weighted by atomic mass is 10.2. The van der Waals surface area contributed by atoms with Gasteiger partial charge in [0, 0.05) is 17.8 Å². The van der Waals surface area contributed by atoms with Crippen LogP contribution in [0.3, 0.4) is 0 Å². The maximum atomic E-state index is 13.4. The molecule has 0 aromatic heterocycles. The molecule has 1 amide bonds. The van der Waals surface area contributed by atoms with Crippen LogP contribution in [0.1, 0.15) is 5.56 Å². The Morgan fingerprint density at radius 2 is 1.52 bits per heavy atom. The molecule has 0 radical (unpaired) electrons. The second kappa shape index (κ2) is 8.68. The third-order valence-corrected chi connectivity index (χ3v) is 6.58. The maximum absolute atomic E-state index is 13.4. The minimum absolute atomic E-state index is 0.106. The van der Waals surface area contributed by atoms with E-state index in [4.69, 9.17) is 11.6 Å².